The number of hydrogen-bond acceptors (Lipinski definition) is 4. The lowest BCUT2D eigenvalue weighted by molar-refractivity contribution is -0.874. The van der Waals surface area contributed by atoms with Crippen LogP contribution in [-0.4, -0.2) is 73.3 Å². The van der Waals surface area contributed by atoms with Crippen LogP contribution < -0.4 is 0 Å². The molecule has 3 N–H and O–H groups in total. The van der Waals surface area contributed by atoms with Crippen molar-refractivity contribution in [3.05, 3.63) is 0 Å². The first kappa shape index (κ1) is 13.8. The molecule has 0 aromatic carbocycles. The summed E-state index contributed by atoms with van der Waals surface area (Å²) in [5, 5.41) is 18.6. The molecule has 0 heterocycles. The number of aliphatic hydroxyl groups is 2. The van der Waals surface area contributed by atoms with Crippen molar-refractivity contribution in [1.29, 1.82) is 0 Å². The van der Waals surface area contributed by atoms with Gasteiger partial charge in [-0.1, -0.05) is 0 Å². The molecule has 2 atom stereocenters. The van der Waals surface area contributed by atoms with Gasteiger partial charge in [-0.2, -0.15) is 8.42 Å². The standard InChI is InChI=1S/C7H17NO5S/c1-8(2,3)4-6(9)7(10)5-14(11,12)13/h6-7,9-10H,4-5H2,1-3H3/p+1/t6-,7?/m1/s1. The molecule has 0 aliphatic carbocycles. The van der Waals surface area contributed by atoms with E-state index >= 15 is 0 Å². The van der Waals surface area contributed by atoms with Crippen LogP contribution in [0.15, 0.2) is 0 Å². The molecule has 0 fully saturated rings. The largest absolute Gasteiger partial charge is 0.389 e. The number of aliphatic hydroxyl groups excluding tert-OH is 2. The molecule has 7 heteroatoms. The molecule has 14 heavy (non-hydrogen) atoms. The van der Waals surface area contributed by atoms with Crippen LogP contribution >= 0.6 is 0 Å². The summed E-state index contributed by atoms with van der Waals surface area (Å²) >= 11 is 0. The van der Waals surface area contributed by atoms with E-state index in [1.807, 2.05) is 0 Å². The summed E-state index contributed by atoms with van der Waals surface area (Å²) < 4.78 is 29.6. The summed E-state index contributed by atoms with van der Waals surface area (Å²) in [5.74, 6) is -0.839. The first-order valence-electron chi connectivity index (χ1n) is 4.13. The molecule has 0 rings (SSSR count). The monoisotopic (exact) mass is 228 g/mol. The Hall–Kier alpha value is -0.210. The third-order valence-electron chi connectivity index (χ3n) is 1.56. The van der Waals surface area contributed by atoms with Gasteiger partial charge in [-0.25, -0.2) is 0 Å². The molecule has 86 valence electrons. The van der Waals surface area contributed by atoms with Crippen LogP contribution in [0.1, 0.15) is 0 Å². The highest BCUT2D eigenvalue weighted by Crippen LogP contribution is 2.02. The smallest absolute Gasteiger partial charge is 0.267 e. The molecule has 0 aliphatic rings. The average Bonchev–Trinajstić information content (AvgIpc) is 1.78. The number of nitrogens with zero attached hydrogens (tertiary/aromatic N) is 1. The third-order valence-corrected chi connectivity index (χ3v) is 2.32. The van der Waals surface area contributed by atoms with Crippen molar-refractivity contribution in [2.45, 2.75) is 12.2 Å². The lowest BCUT2D eigenvalue weighted by Gasteiger charge is -2.28. The minimum Gasteiger partial charge on any atom is -0.389 e. The predicted octanol–water partition coefficient (Wildman–Crippen LogP) is -1.70. The molecular formula is C7H18NO5S+. The van der Waals surface area contributed by atoms with E-state index in [2.05, 4.69) is 0 Å². The zero-order chi connectivity index (χ0) is 11.6. The van der Waals surface area contributed by atoms with Gasteiger partial charge in [-0.3, -0.25) is 4.55 Å². The molecule has 0 radical (unpaired) electrons. The van der Waals surface area contributed by atoms with Gasteiger partial charge in [0.15, 0.2) is 0 Å². The normalized spacial score (nSPS) is 17.9. The number of likely N-dealkylation sites (N-methyl/N-ethyl adjacent to an activating group) is 1. The summed E-state index contributed by atoms with van der Waals surface area (Å²) in [6, 6.07) is 0. The third kappa shape index (κ3) is 7.22. The van der Waals surface area contributed by atoms with Crippen LogP contribution in [-0.2, 0) is 10.1 Å². The zero-order valence-corrected chi connectivity index (χ0v) is 9.40. The predicted molar refractivity (Wildman–Crippen MR) is 51.3 cm³/mol. The Morgan fingerprint density at radius 1 is 1.14 bits per heavy atom. The van der Waals surface area contributed by atoms with E-state index in [0.29, 0.717) is 4.48 Å². The molecule has 0 aromatic rings. The molecule has 0 bridgehead atoms. The SMILES string of the molecule is C[N+](C)(C)C[C@@H](O)C(O)CS(=O)(=O)O. The van der Waals surface area contributed by atoms with Crippen molar-refractivity contribution in [3.8, 4) is 0 Å². The van der Waals surface area contributed by atoms with Crippen LogP contribution in [0.3, 0.4) is 0 Å². The highest BCUT2D eigenvalue weighted by atomic mass is 32.2. The maximum absolute atomic E-state index is 10.4. The fourth-order valence-corrected chi connectivity index (χ4v) is 1.66. The first-order valence-corrected chi connectivity index (χ1v) is 5.74. The Labute approximate surface area is 84.1 Å². The lowest BCUT2D eigenvalue weighted by atomic mass is 10.2. The lowest BCUT2D eigenvalue weighted by Crippen LogP contribution is -2.47. The van der Waals surface area contributed by atoms with Crippen LogP contribution in [0.25, 0.3) is 0 Å². The summed E-state index contributed by atoms with van der Waals surface area (Å²) in [7, 11) is 1.14. The first-order chi connectivity index (χ1) is 6.01. The molecule has 0 spiro atoms. The van der Waals surface area contributed by atoms with Crippen molar-refractivity contribution in [2.24, 2.45) is 0 Å². The van der Waals surface area contributed by atoms with Gasteiger partial charge >= 0.3 is 0 Å². The van der Waals surface area contributed by atoms with E-state index in [9.17, 15) is 18.6 Å². The van der Waals surface area contributed by atoms with E-state index < -0.39 is 28.1 Å². The highest BCUT2D eigenvalue weighted by Gasteiger charge is 2.26. The minimum atomic E-state index is -4.24. The van der Waals surface area contributed by atoms with E-state index in [0.717, 1.165) is 0 Å². The summed E-state index contributed by atoms with van der Waals surface area (Å²) in [5.41, 5.74) is 0. The van der Waals surface area contributed by atoms with Crippen LogP contribution in [0.2, 0.25) is 0 Å². The van der Waals surface area contributed by atoms with Crippen molar-refractivity contribution in [1.82, 2.24) is 0 Å². The van der Waals surface area contributed by atoms with Crippen LogP contribution in [0.4, 0.5) is 0 Å². The van der Waals surface area contributed by atoms with Gasteiger partial charge in [0.1, 0.15) is 24.5 Å². The second-order valence-corrected chi connectivity index (χ2v) is 5.85. The molecule has 0 aromatic heterocycles. The Bertz CT molecular complexity index is 268. The van der Waals surface area contributed by atoms with Gasteiger partial charge in [0.2, 0.25) is 0 Å². The van der Waals surface area contributed by atoms with E-state index in [1.165, 1.54) is 0 Å². The quantitative estimate of drug-likeness (QED) is 0.385. The topological polar surface area (TPSA) is 94.8 Å². The van der Waals surface area contributed by atoms with Crippen LogP contribution in [0.5, 0.6) is 0 Å². The van der Waals surface area contributed by atoms with Gasteiger partial charge < -0.3 is 14.7 Å². The number of rotatable bonds is 5. The van der Waals surface area contributed by atoms with Gasteiger partial charge in [-0.05, 0) is 0 Å². The number of quaternary nitrogens is 1. The fourth-order valence-electron chi connectivity index (χ4n) is 1.01. The summed E-state index contributed by atoms with van der Waals surface area (Å²) in [6.45, 7) is 0.205. The highest BCUT2D eigenvalue weighted by molar-refractivity contribution is 7.85. The minimum absolute atomic E-state index is 0.205. The average molecular weight is 228 g/mol. The zero-order valence-electron chi connectivity index (χ0n) is 8.58. The van der Waals surface area contributed by atoms with E-state index in [4.69, 9.17) is 4.55 Å². The molecule has 1 unspecified atom stereocenters. The second kappa shape index (κ2) is 4.54. The van der Waals surface area contributed by atoms with E-state index in [-0.39, 0.29) is 6.54 Å². The summed E-state index contributed by atoms with van der Waals surface area (Å²) in [4.78, 5) is 0. The summed E-state index contributed by atoms with van der Waals surface area (Å²) in [6.07, 6.45) is -2.63. The molecule has 0 amide bonds. The molecular weight excluding hydrogens is 210 g/mol. The Morgan fingerprint density at radius 3 is 1.86 bits per heavy atom. The van der Waals surface area contributed by atoms with E-state index in [1.54, 1.807) is 21.1 Å². The second-order valence-electron chi connectivity index (χ2n) is 4.36. The van der Waals surface area contributed by atoms with Crippen molar-refractivity contribution >= 4 is 10.1 Å². The van der Waals surface area contributed by atoms with Gasteiger partial charge in [-0.15, -0.1) is 0 Å². The molecule has 0 saturated heterocycles. The van der Waals surface area contributed by atoms with Gasteiger partial charge in [0.05, 0.1) is 21.1 Å². The number of hydrogen-bond donors (Lipinski definition) is 3. The Balaban J connectivity index is 4.20. The van der Waals surface area contributed by atoms with Crippen molar-refractivity contribution < 1.29 is 27.7 Å². The van der Waals surface area contributed by atoms with Gasteiger partial charge in [0.25, 0.3) is 10.1 Å². The Morgan fingerprint density at radius 2 is 1.57 bits per heavy atom. The van der Waals surface area contributed by atoms with Gasteiger partial charge in [0, 0.05) is 0 Å². The maximum Gasteiger partial charge on any atom is 0.267 e. The van der Waals surface area contributed by atoms with Crippen LogP contribution in [0, 0.1) is 0 Å². The molecule has 0 saturated carbocycles. The Kier molecular flexibility index (Phi) is 4.47. The van der Waals surface area contributed by atoms with Crippen molar-refractivity contribution in [3.63, 3.8) is 0 Å². The fraction of sp³-hybridized carbons (Fsp3) is 1.00. The maximum atomic E-state index is 10.4. The van der Waals surface area contributed by atoms with Crippen molar-refractivity contribution in [2.75, 3.05) is 33.4 Å². The molecule has 6 nitrogen and oxygen atoms in total. The molecule has 0 aliphatic heterocycles.